The Balaban J connectivity index is 2.23. The summed E-state index contributed by atoms with van der Waals surface area (Å²) < 4.78 is 0. The highest BCUT2D eigenvalue weighted by atomic mass is 32.2. The number of carbonyl (C=O) groups is 2. The lowest BCUT2D eigenvalue weighted by Gasteiger charge is -2.33. The zero-order valence-corrected chi connectivity index (χ0v) is 16.1. The molecule has 5 nitrogen and oxygen atoms in total. The molecule has 2 saturated heterocycles. The van der Waals surface area contributed by atoms with Crippen molar-refractivity contribution in [1.82, 2.24) is 15.5 Å². The van der Waals surface area contributed by atoms with Gasteiger partial charge >= 0.3 is 0 Å². The molecule has 23 heavy (non-hydrogen) atoms. The van der Waals surface area contributed by atoms with E-state index in [0.717, 1.165) is 18.6 Å². The van der Waals surface area contributed by atoms with Gasteiger partial charge in [0.05, 0.1) is 22.4 Å². The fourth-order valence-electron chi connectivity index (χ4n) is 3.54. The Morgan fingerprint density at radius 3 is 2.70 bits per heavy atom. The van der Waals surface area contributed by atoms with E-state index in [2.05, 4.69) is 24.5 Å². The van der Waals surface area contributed by atoms with Crippen LogP contribution in [0.4, 0.5) is 0 Å². The Morgan fingerprint density at radius 2 is 2.13 bits per heavy atom. The summed E-state index contributed by atoms with van der Waals surface area (Å²) in [5.41, 5.74) is -0.181. The van der Waals surface area contributed by atoms with Crippen LogP contribution in [-0.4, -0.2) is 57.9 Å². The van der Waals surface area contributed by atoms with E-state index in [1.807, 2.05) is 18.9 Å². The molecular weight excluding hydrogens is 330 g/mol. The van der Waals surface area contributed by atoms with Crippen molar-refractivity contribution >= 4 is 40.7 Å². The lowest BCUT2D eigenvalue weighted by atomic mass is 9.83. The number of ketones is 1. The van der Waals surface area contributed by atoms with Crippen molar-refractivity contribution in [2.24, 2.45) is 5.41 Å². The summed E-state index contributed by atoms with van der Waals surface area (Å²) in [5, 5.41) is 6.39. The number of likely N-dealkylation sites (N-methyl/N-ethyl adjacent to an activating group) is 1. The molecule has 0 aromatic heterocycles. The van der Waals surface area contributed by atoms with Gasteiger partial charge in [0.1, 0.15) is 6.04 Å². The first-order valence-corrected chi connectivity index (χ1v) is 9.56. The van der Waals surface area contributed by atoms with Crippen molar-refractivity contribution in [3.63, 3.8) is 0 Å². The molecule has 2 rings (SSSR count). The lowest BCUT2D eigenvalue weighted by molar-refractivity contribution is -0.140. The summed E-state index contributed by atoms with van der Waals surface area (Å²) >= 11 is 7.16. The highest BCUT2D eigenvalue weighted by molar-refractivity contribution is 7.99. The summed E-state index contributed by atoms with van der Waals surface area (Å²) in [5.74, 6) is 0.969. The fourth-order valence-corrected chi connectivity index (χ4v) is 5.38. The van der Waals surface area contributed by atoms with Crippen LogP contribution in [0.5, 0.6) is 0 Å². The molecule has 0 spiro atoms. The third-order valence-electron chi connectivity index (χ3n) is 4.83. The van der Waals surface area contributed by atoms with Gasteiger partial charge in [-0.05, 0) is 44.9 Å². The van der Waals surface area contributed by atoms with Crippen molar-refractivity contribution in [2.75, 3.05) is 12.8 Å². The largest absolute Gasteiger partial charge is 0.367 e. The Bertz CT molecular complexity index is 510. The van der Waals surface area contributed by atoms with Crippen LogP contribution in [0.1, 0.15) is 40.5 Å². The molecule has 7 heteroatoms. The number of nitrogens with zero attached hydrogens (tertiary/aromatic N) is 1. The first-order valence-electron chi connectivity index (χ1n) is 8.11. The summed E-state index contributed by atoms with van der Waals surface area (Å²) in [6, 6.07) is -0.667. The minimum Gasteiger partial charge on any atom is -0.367 e. The summed E-state index contributed by atoms with van der Waals surface area (Å²) in [6.45, 7) is 7.72. The van der Waals surface area contributed by atoms with Crippen LogP contribution < -0.4 is 10.6 Å². The van der Waals surface area contributed by atoms with Gasteiger partial charge in [-0.2, -0.15) is 0 Å². The second-order valence-electron chi connectivity index (χ2n) is 7.14. The molecule has 0 bridgehead atoms. The zero-order valence-electron chi connectivity index (χ0n) is 14.5. The third-order valence-corrected chi connectivity index (χ3v) is 6.55. The normalized spacial score (nSPS) is 31.3. The Labute approximate surface area is 148 Å². The molecule has 1 amide bonds. The van der Waals surface area contributed by atoms with Crippen LogP contribution in [0.2, 0.25) is 0 Å². The number of fused-ring (bicyclic) bond motifs is 1. The molecule has 0 aromatic rings. The van der Waals surface area contributed by atoms with E-state index in [-0.39, 0.29) is 40.6 Å². The van der Waals surface area contributed by atoms with Crippen molar-refractivity contribution in [3.05, 3.63) is 0 Å². The molecule has 0 unspecified atom stereocenters. The summed E-state index contributed by atoms with van der Waals surface area (Å²) in [7, 11) is 1.84. The third kappa shape index (κ3) is 3.72. The topological polar surface area (TPSA) is 61.4 Å². The van der Waals surface area contributed by atoms with Crippen molar-refractivity contribution < 1.29 is 9.59 Å². The van der Waals surface area contributed by atoms with E-state index in [1.54, 1.807) is 18.7 Å². The average molecular weight is 358 g/mol. The van der Waals surface area contributed by atoms with Crippen molar-refractivity contribution in [3.8, 4) is 0 Å². The Hall–Kier alpha value is -0.660. The van der Waals surface area contributed by atoms with Gasteiger partial charge in [-0.3, -0.25) is 9.59 Å². The van der Waals surface area contributed by atoms with Crippen molar-refractivity contribution in [1.29, 1.82) is 0 Å². The molecule has 0 aromatic carbocycles. The predicted octanol–water partition coefficient (Wildman–Crippen LogP) is 1.56. The molecule has 4 atom stereocenters. The molecule has 2 heterocycles. The van der Waals surface area contributed by atoms with Crippen LogP contribution in [-0.2, 0) is 9.59 Å². The maximum atomic E-state index is 13.1. The molecule has 2 fully saturated rings. The number of hydrogen-bond donors (Lipinski definition) is 2. The number of Topliss-reactive ketones (excluding diaryl/α,β-unsaturated/α-hetero) is 1. The van der Waals surface area contributed by atoms with Crippen LogP contribution in [0.3, 0.4) is 0 Å². The number of nitrogens with one attached hydrogen (secondary N) is 2. The molecule has 130 valence electrons. The van der Waals surface area contributed by atoms with Gasteiger partial charge in [0, 0.05) is 0 Å². The molecule has 0 radical (unpaired) electrons. The summed E-state index contributed by atoms with van der Waals surface area (Å²) in [6.07, 6.45) is 1.59. The highest BCUT2D eigenvalue weighted by Gasteiger charge is 2.53. The standard InChI is InChI=1S/C16H27N3O2S2/c1-9(17-5)14(22)18-11-6-7-23-12-8-16(3,4)13(10(2)20)19(12)15(11)21/h9,11-13,17H,6-8H2,1-5H3,(H,18,22)/t9-,11-,12-,13+/m0/s1. The second-order valence-corrected chi connectivity index (χ2v) is 8.86. The number of rotatable bonds is 4. The SMILES string of the molecule is CN[C@@H](C)C(=S)N[C@H]1CCS[C@H]2CC(C)(C)[C@@H](C(C)=O)N2C1=O. The van der Waals surface area contributed by atoms with E-state index in [4.69, 9.17) is 12.2 Å². The number of hydrogen-bond acceptors (Lipinski definition) is 5. The van der Waals surface area contributed by atoms with Gasteiger partial charge in [-0.1, -0.05) is 26.1 Å². The first-order chi connectivity index (χ1) is 10.7. The van der Waals surface area contributed by atoms with Crippen LogP contribution in [0, 0.1) is 5.41 Å². The maximum absolute atomic E-state index is 13.1. The molecule has 0 saturated carbocycles. The minimum atomic E-state index is -0.342. The minimum absolute atomic E-state index is 0.0106. The number of thioether (sulfide) groups is 1. The van der Waals surface area contributed by atoms with Crippen LogP contribution >= 0.6 is 24.0 Å². The maximum Gasteiger partial charge on any atom is 0.246 e. The van der Waals surface area contributed by atoms with Gasteiger partial charge in [0.2, 0.25) is 5.91 Å². The van der Waals surface area contributed by atoms with Crippen molar-refractivity contribution in [2.45, 2.75) is 64.0 Å². The predicted molar refractivity (Wildman–Crippen MR) is 98.6 cm³/mol. The summed E-state index contributed by atoms with van der Waals surface area (Å²) in [4.78, 5) is 27.8. The number of amides is 1. The van der Waals surface area contributed by atoms with E-state index in [1.165, 1.54) is 0 Å². The smallest absolute Gasteiger partial charge is 0.246 e. The van der Waals surface area contributed by atoms with E-state index in [0.29, 0.717) is 4.99 Å². The van der Waals surface area contributed by atoms with Gasteiger partial charge in [-0.25, -0.2) is 0 Å². The lowest BCUT2D eigenvalue weighted by Crippen LogP contribution is -2.55. The number of carbonyl (C=O) groups excluding carboxylic acids is 2. The number of thiocarbonyl (C=S) groups is 1. The van der Waals surface area contributed by atoms with E-state index < -0.39 is 0 Å². The molecule has 2 aliphatic heterocycles. The van der Waals surface area contributed by atoms with Gasteiger partial charge in [0.15, 0.2) is 5.78 Å². The fraction of sp³-hybridized carbons (Fsp3) is 0.812. The van der Waals surface area contributed by atoms with E-state index >= 15 is 0 Å². The Morgan fingerprint density at radius 1 is 1.48 bits per heavy atom. The second kappa shape index (κ2) is 7.07. The van der Waals surface area contributed by atoms with Gasteiger partial charge in [-0.15, -0.1) is 11.8 Å². The Kier molecular flexibility index (Phi) is 5.74. The monoisotopic (exact) mass is 357 g/mol. The van der Waals surface area contributed by atoms with Gasteiger partial charge < -0.3 is 15.5 Å². The first kappa shape index (κ1) is 18.7. The molecular formula is C16H27N3O2S2. The molecule has 2 aliphatic rings. The quantitative estimate of drug-likeness (QED) is 0.745. The highest BCUT2D eigenvalue weighted by Crippen LogP contribution is 2.46. The van der Waals surface area contributed by atoms with Crippen LogP contribution in [0.25, 0.3) is 0 Å². The average Bonchev–Trinajstić information content (AvgIpc) is 2.66. The van der Waals surface area contributed by atoms with Crippen LogP contribution in [0.15, 0.2) is 0 Å². The molecule has 2 N–H and O–H groups in total. The zero-order chi connectivity index (χ0) is 17.4. The van der Waals surface area contributed by atoms with Gasteiger partial charge in [0.25, 0.3) is 0 Å². The molecule has 0 aliphatic carbocycles. The van der Waals surface area contributed by atoms with E-state index in [9.17, 15) is 9.59 Å².